The molecule has 0 atom stereocenters. The number of hydrogen-bond donors (Lipinski definition) is 1. The predicted molar refractivity (Wildman–Crippen MR) is 42.9 cm³/mol. The van der Waals surface area contributed by atoms with Crippen molar-refractivity contribution in [1.82, 2.24) is 0 Å². The molecule has 10 heavy (non-hydrogen) atoms. The highest BCUT2D eigenvalue weighted by molar-refractivity contribution is 5.26. The molecule has 0 unspecified atom stereocenters. The van der Waals surface area contributed by atoms with Crippen molar-refractivity contribution < 1.29 is 5.11 Å². The third-order valence-corrected chi connectivity index (χ3v) is 1.45. The monoisotopic (exact) mass is 134 g/mol. The lowest BCUT2D eigenvalue weighted by Gasteiger charge is -1.84. The third-order valence-electron chi connectivity index (χ3n) is 1.45. The fourth-order valence-electron chi connectivity index (χ4n) is 0.891. The van der Waals surface area contributed by atoms with E-state index >= 15 is 0 Å². The molecule has 0 fully saturated rings. The summed E-state index contributed by atoms with van der Waals surface area (Å²) >= 11 is 0. The Kier molecular flexibility index (Phi) is 2.11. The zero-order valence-corrected chi connectivity index (χ0v) is 5.91. The largest absolute Gasteiger partial charge is 0.515 e. The first-order valence-electron chi connectivity index (χ1n) is 3.24. The summed E-state index contributed by atoms with van der Waals surface area (Å²) in [5.41, 5.74) is 0. The van der Waals surface area contributed by atoms with Crippen molar-refractivity contribution in [1.29, 1.82) is 0 Å². The van der Waals surface area contributed by atoms with E-state index in [1.54, 1.807) is 0 Å². The lowest BCUT2D eigenvalue weighted by Crippen LogP contribution is -2.22. The van der Waals surface area contributed by atoms with E-state index in [9.17, 15) is 0 Å². The van der Waals surface area contributed by atoms with E-state index in [0.717, 1.165) is 16.7 Å². The first kappa shape index (κ1) is 6.87. The van der Waals surface area contributed by atoms with Gasteiger partial charge in [-0.15, -0.1) is 0 Å². The van der Waals surface area contributed by atoms with Gasteiger partial charge in [0.25, 0.3) is 0 Å². The Hall–Kier alpha value is -1.24. The molecule has 0 radical (unpaired) electrons. The summed E-state index contributed by atoms with van der Waals surface area (Å²) < 4.78 is 0. The van der Waals surface area contributed by atoms with Gasteiger partial charge < -0.3 is 5.11 Å². The maximum atomic E-state index is 8.70. The number of benzene rings is 1. The first-order valence-corrected chi connectivity index (χ1v) is 3.24. The van der Waals surface area contributed by atoms with Crippen LogP contribution in [0, 0.1) is 0 Å². The average molecular weight is 134 g/mol. The Morgan fingerprint density at radius 1 is 1.20 bits per heavy atom. The molecule has 0 saturated carbocycles. The van der Waals surface area contributed by atoms with Crippen molar-refractivity contribution in [2.24, 2.45) is 0 Å². The topological polar surface area (TPSA) is 20.2 Å². The van der Waals surface area contributed by atoms with Gasteiger partial charge in [0.2, 0.25) is 0 Å². The van der Waals surface area contributed by atoms with E-state index < -0.39 is 0 Å². The van der Waals surface area contributed by atoms with Crippen LogP contribution in [0.1, 0.15) is 6.92 Å². The van der Waals surface area contributed by atoms with Gasteiger partial charge >= 0.3 is 0 Å². The molecular formula is C9H10O. The van der Waals surface area contributed by atoms with Crippen molar-refractivity contribution >= 4 is 12.3 Å². The van der Waals surface area contributed by atoms with Gasteiger partial charge in [0, 0.05) is 5.22 Å². The van der Waals surface area contributed by atoms with Crippen LogP contribution in [-0.2, 0) is 0 Å². The molecule has 0 saturated heterocycles. The zero-order valence-electron chi connectivity index (χ0n) is 5.91. The second-order valence-electron chi connectivity index (χ2n) is 2.05. The summed E-state index contributed by atoms with van der Waals surface area (Å²) in [6, 6.07) is 7.68. The number of rotatable bonds is 0. The molecule has 52 valence electrons. The van der Waals surface area contributed by atoms with E-state index in [4.69, 9.17) is 5.11 Å². The summed E-state index contributed by atoms with van der Waals surface area (Å²) in [5.74, 6) is 0. The highest BCUT2D eigenvalue weighted by Gasteiger charge is 1.78. The normalized spacial score (nSPS) is 14.1. The lowest BCUT2D eigenvalue weighted by molar-refractivity contribution is 0.540. The van der Waals surface area contributed by atoms with Gasteiger partial charge in [-0.25, -0.2) is 0 Å². The molecule has 0 spiro atoms. The predicted octanol–water partition coefficient (Wildman–Crippen LogP) is 0.783. The maximum absolute atomic E-state index is 8.70. The van der Waals surface area contributed by atoms with Crippen molar-refractivity contribution in [3.05, 3.63) is 34.7 Å². The first-order chi connectivity index (χ1) is 4.88. The Bertz CT molecular complexity index is 279. The van der Waals surface area contributed by atoms with Gasteiger partial charge in [-0.1, -0.05) is 30.3 Å². The molecule has 1 aromatic rings. The Morgan fingerprint density at radius 3 is 2.20 bits per heavy atom. The standard InChI is InChI=1S/C9H10O/c1-2-8-5-3-4-6-9(8)7-10/h2-7,10H,1H3/b8-2-,9-7-. The SMILES string of the molecule is C/C=c1/cccc/c1=C/O. The summed E-state index contributed by atoms with van der Waals surface area (Å²) in [4.78, 5) is 0. The van der Waals surface area contributed by atoms with Crippen LogP contribution in [0.2, 0.25) is 0 Å². The van der Waals surface area contributed by atoms with Crippen molar-refractivity contribution in [2.75, 3.05) is 0 Å². The van der Waals surface area contributed by atoms with Crippen molar-refractivity contribution in [3.63, 3.8) is 0 Å². The van der Waals surface area contributed by atoms with Crippen LogP contribution in [0.3, 0.4) is 0 Å². The van der Waals surface area contributed by atoms with Crippen LogP contribution in [0.15, 0.2) is 24.3 Å². The van der Waals surface area contributed by atoms with Crippen LogP contribution in [0.4, 0.5) is 0 Å². The Balaban J connectivity index is 3.53. The van der Waals surface area contributed by atoms with Gasteiger partial charge in [0.15, 0.2) is 0 Å². The van der Waals surface area contributed by atoms with Crippen LogP contribution >= 0.6 is 0 Å². The van der Waals surface area contributed by atoms with Crippen LogP contribution in [-0.4, -0.2) is 5.11 Å². The van der Waals surface area contributed by atoms with Gasteiger partial charge in [0.1, 0.15) is 0 Å². The van der Waals surface area contributed by atoms with Gasteiger partial charge in [-0.2, -0.15) is 0 Å². The minimum atomic E-state index is 0.866. The fourth-order valence-corrected chi connectivity index (χ4v) is 0.891. The fraction of sp³-hybridized carbons (Fsp3) is 0.111. The van der Waals surface area contributed by atoms with Crippen LogP contribution in [0.5, 0.6) is 0 Å². The molecule has 1 rings (SSSR count). The van der Waals surface area contributed by atoms with E-state index in [-0.39, 0.29) is 0 Å². The molecule has 0 aliphatic carbocycles. The second-order valence-corrected chi connectivity index (χ2v) is 2.05. The van der Waals surface area contributed by atoms with Crippen LogP contribution < -0.4 is 10.4 Å². The quantitative estimate of drug-likeness (QED) is 0.556. The summed E-state index contributed by atoms with van der Waals surface area (Å²) in [7, 11) is 0. The molecule has 1 N–H and O–H groups in total. The summed E-state index contributed by atoms with van der Waals surface area (Å²) in [5, 5.41) is 10.6. The minimum absolute atomic E-state index is 0.866. The molecule has 0 aliphatic heterocycles. The maximum Gasteiger partial charge on any atom is 0.0869 e. The average Bonchev–Trinajstić information content (AvgIpc) is 2.04. The molecule has 0 aromatic heterocycles. The van der Waals surface area contributed by atoms with Crippen molar-refractivity contribution in [2.45, 2.75) is 6.92 Å². The Morgan fingerprint density at radius 2 is 1.80 bits per heavy atom. The van der Waals surface area contributed by atoms with E-state index in [0.29, 0.717) is 0 Å². The smallest absolute Gasteiger partial charge is 0.0869 e. The minimum Gasteiger partial charge on any atom is -0.515 e. The molecular weight excluding hydrogens is 124 g/mol. The molecule has 1 heteroatoms. The molecule has 0 amide bonds. The number of aliphatic hydroxyl groups is 1. The zero-order chi connectivity index (χ0) is 7.40. The number of hydrogen-bond acceptors (Lipinski definition) is 1. The molecule has 0 aliphatic rings. The summed E-state index contributed by atoms with van der Waals surface area (Å²) in [6.45, 7) is 1.95. The van der Waals surface area contributed by atoms with Gasteiger partial charge in [-0.05, 0) is 12.1 Å². The lowest BCUT2D eigenvalue weighted by atomic mass is 10.2. The van der Waals surface area contributed by atoms with E-state index in [1.165, 1.54) is 0 Å². The van der Waals surface area contributed by atoms with E-state index in [2.05, 4.69) is 0 Å². The summed E-state index contributed by atoms with van der Waals surface area (Å²) in [6.07, 6.45) is 3.08. The molecule has 1 nitrogen and oxygen atoms in total. The second kappa shape index (κ2) is 3.06. The van der Waals surface area contributed by atoms with Gasteiger partial charge in [-0.3, -0.25) is 0 Å². The molecule has 1 aromatic carbocycles. The van der Waals surface area contributed by atoms with Crippen LogP contribution in [0.25, 0.3) is 12.3 Å². The highest BCUT2D eigenvalue weighted by Crippen LogP contribution is 1.70. The molecule has 0 heterocycles. The van der Waals surface area contributed by atoms with Crippen molar-refractivity contribution in [3.8, 4) is 0 Å². The van der Waals surface area contributed by atoms with E-state index in [1.807, 2.05) is 37.3 Å². The number of aliphatic hydroxyl groups excluding tert-OH is 1. The third kappa shape index (κ3) is 1.18. The highest BCUT2D eigenvalue weighted by atomic mass is 16.2. The molecule has 0 bridgehead atoms. The van der Waals surface area contributed by atoms with Gasteiger partial charge in [0.05, 0.1) is 6.26 Å². The Labute approximate surface area is 59.9 Å².